The Hall–Kier alpha value is -0.770. The number of ether oxygens (including phenoxy) is 1. The highest BCUT2D eigenvalue weighted by Crippen LogP contribution is 2.23. The minimum Gasteiger partial charge on any atom is -0.378 e. The number of aliphatic imine (C=N–C) groups is 1. The maximum atomic E-state index is 5.92. The molecule has 1 aliphatic heterocycles. The first kappa shape index (κ1) is 12.7. The summed E-state index contributed by atoms with van der Waals surface area (Å²) >= 11 is 0. The molecule has 2 rings (SSSR count). The molecule has 0 aromatic rings. The average Bonchev–Trinajstić information content (AvgIpc) is 2.96. The number of guanidine groups is 1. The zero-order valence-electron chi connectivity index (χ0n) is 10.8. The maximum absolute atomic E-state index is 5.92. The van der Waals surface area contributed by atoms with Crippen LogP contribution in [0.3, 0.4) is 0 Å². The average molecular weight is 239 g/mol. The van der Waals surface area contributed by atoms with Gasteiger partial charge in [0.25, 0.3) is 0 Å². The number of rotatable bonds is 4. The van der Waals surface area contributed by atoms with Crippen molar-refractivity contribution < 1.29 is 4.74 Å². The van der Waals surface area contributed by atoms with Gasteiger partial charge in [0.2, 0.25) is 0 Å². The Morgan fingerprint density at radius 2 is 2.12 bits per heavy atom. The van der Waals surface area contributed by atoms with Crippen LogP contribution in [0.1, 0.15) is 45.4 Å². The molecule has 0 spiro atoms. The van der Waals surface area contributed by atoms with Gasteiger partial charge in [-0.05, 0) is 25.7 Å². The van der Waals surface area contributed by atoms with Crippen LogP contribution in [0.4, 0.5) is 0 Å². The Labute approximate surface area is 104 Å². The van der Waals surface area contributed by atoms with Gasteiger partial charge in [0.05, 0.1) is 6.10 Å². The van der Waals surface area contributed by atoms with E-state index >= 15 is 0 Å². The molecule has 4 heteroatoms. The van der Waals surface area contributed by atoms with Gasteiger partial charge in [0.15, 0.2) is 5.96 Å². The minimum absolute atomic E-state index is 0.387. The van der Waals surface area contributed by atoms with Gasteiger partial charge in [0, 0.05) is 25.1 Å². The first-order valence-electron chi connectivity index (χ1n) is 6.97. The summed E-state index contributed by atoms with van der Waals surface area (Å²) in [6.07, 6.45) is 7.70. The van der Waals surface area contributed by atoms with E-state index < -0.39 is 0 Å². The highest BCUT2D eigenvalue weighted by atomic mass is 16.5. The van der Waals surface area contributed by atoms with Crippen LogP contribution in [-0.2, 0) is 4.74 Å². The fourth-order valence-electron chi connectivity index (χ4n) is 2.89. The first-order valence-corrected chi connectivity index (χ1v) is 6.97. The van der Waals surface area contributed by atoms with E-state index in [-0.39, 0.29) is 0 Å². The first-order chi connectivity index (χ1) is 8.29. The van der Waals surface area contributed by atoms with Crippen molar-refractivity contribution in [2.45, 2.75) is 57.6 Å². The molecular formula is C13H25N3O. The lowest BCUT2D eigenvalue weighted by molar-refractivity contribution is 0.0893. The van der Waals surface area contributed by atoms with Gasteiger partial charge in [-0.15, -0.1) is 0 Å². The van der Waals surface area contributed by atoms with Crippen molar-refractivity contribution in [3.8, 4) is 0 Å². The monoisotopic (exact) mass is 239 g/mol. The lowest BCUT2D eigenvalue weighted by Crippen LogP contribution is -2.39. The van der Waals surface area contributed by atoms with E-state index in [1.165, 1.54) is 25.7 Å². The molecular weight excluding hydrogens is 214 g/mol. The van der Waals surface area contributed by atoms with E-state index in [1.807, 2.05) is 0 Å². The number of hydrogen-bond donors (Lipinski definition) is 2. The van der Waals surface area contributed by atoms with E-state index in [4.69, 9.17) is 10.5 Å². The Kier molecular flexibility index (Phi) is 4.66. The van der Waals surface area contributed by atoms with Gasteiger partial charge >= 0.3 is 0 Å². The predicted molar refractivity (Wildman–Crippen MR) is 70.0 cm³/mol. The molecule has 0 aromatic carbocycles. The van der Waals surface area contributed by atoms with E-state index in [9.17, 15) is 0 Å². The summed E-state index contributed by atoms with van der Waals surface area (Å²) in [5.74, 6) is 1.18. The third kappa shape index (κ3) is 3.60. The minimum atomic E-state index is 0.387. The van der Waals surface area contributed by atoms with Crippen molar-refractivity contribution in [2.75, 3.05) is 13.2 Å². The number of nitrogens with zero attached hydrogens (tertiary/aromatic N) is 1. The van der Waals surface area contributed by atoms with Crippen molar-refractivity contribution in [2.24, 2.45) is 16.6 Å². The van der Waals surface area contributed by atoms with Crippen molar-refractivity contribution >= 4 is 5.96 Å². The molecule has 98 valence electrons. The molecule has 0 radical (unpaired) electrons. The second kappa shape index (κ2) is 6.24. The Morgan fingerprint density at radius 1 is 1.35 bits per heavy atom. The maximum Gasteiger partial charge on any atom is 0.188 e. The molecule has 0 aromatic heterocycles. The van der Waals surface area contributed by atoms with E-state index in [1.54, 1.807) is 0 Å². The lowest BCUT2D eigenvalue weighted by Gasteiger charge is -2.16. The van der Waals surface area contributed by atoms with Gasteiger partial charge in [0.1, 0.15) is 0 Å². The van der Waals surface area contributed by atoms with E-state index in [2.05, 4.69) is 17.2 Å². The molecule has 1 saturated heterocycles. The molecule has 0 bridgehead atoms. The predicted octanol–water partition coefficient (Wildman–Crippen LogP) is 1.65. The van der Waals surface area contributed by atoms with Crippen LogP contribution in [0.15, 0.2) is 4.99 Å². The third-order valence-electron chi connectivity index (χ3n) is 3.95. The molecule has 2 fully saturated rings. The Bertz CT molecular complexity index is 261. The van der Waals surface area contributed by atoms with Crippen molar-refractivity contribution in [3.63, 3.8) is 0 Å². The standard InChI is InChI=1S/C13H25N3O/c1-2-12-10(7-8-17-12)9-15-13(14)16-11-5-3-4-6-11/h10-12H,2-9H2,1H3,(H3,14,15,16). The highest BCUT2D eigenvalue weighted by Gasteiger charge is 2.26. The summed E-state index contributed by atoms with van der Waals surface area (Å²) in [5.41, 5.74) is 5.92. The SMILES string of the molecule is CCC1OCCC1CN=C(N)NC1CCCC1. The van der Waals surface area contributed by atoms with Crippen molar-refractivity contribution in [1.82, 2.24) is 5.32 Å². The molecule has 2 atom stereocenters. The Morgan fingerprint density at radius 3 is 2.82 bits per heavy atom. The zero-order valence-corrected chi connectivity index (χ0v) is 10.8. The van der Waals surface area contributed by atoms with Crippen LogP contribution in [0.25, 0.3) is 0 Å². The lowest BCUT2D eigenvalue weighted by atomic mass is 10.0. The molecule has 4 nitrogen and oxygen atoms in total. The highest BCUT2D eigenvalue weighted by molar-refractivity contribution is 5.78. The van der Waals surface area contributed by atoms with Crippen LogP contribution in [-0.4, -0.2) is 31.3 Å². The topological polar surface area (TPSA) is 59.6 Å². The van der Waals surface area contributed by atoms with Crippen LogP contribution in [0.5, 0.6) is 0 Å². The molecule has 2 unspecified atom stereocenters. The molecule has 2 aliphatic rings. The van der Waals surface area contributed by atoms with Crippen LogP contribution >= 0.6 is 0 Å². The number of nitrogens with one attached hydrogen (secondary N) is 1. The van der Waals surface area contributed by atoms with Gasteiger partial charge < -0.3 is 15.8 Å². The molecule has 0 amide bonds. The van der Waals surface area contributed by atoms with Gasteiger partial charge in [-0.25, -0.2) is 0 Å². The fourth-order valence-corrected chi connectivity index (χ4v) is 2.89. The third-order valence-corrected chi connectivity index (χ3v) is 3.95. The number of hydrogen-bond acceptors (Lipinski definition) is 2. The van der Waals surface area contributed by atoms with Gasteiger partial charge in [-0.2, -0.15) is 0 Å². The quantitative estimate of drug-likeness (QED) is 0.579. The zero-order chi connectivity index (χ0) is 12.1. The molecule has 17 heavy (non-hydrogen) atoms. The van der Waals surface area contributed by atoms with Crippen LogP contribution < -0.4 is 11.1 Å². The van der Waals surface area contributed by atoms with E-state index in [0.717, 1.165) is 26.0 Å². The van der Waals surface area contributed by atoms with Crippen molar-refractivity contribution in [3.05, 3.63) is 0 Å². The molecule has 1 heterocycles. The molecule has 1 aliphatic carbocycles. The van der Waals surface area contributed by atoms with E-state index in [0.29, 0.717) is 24.0 Å². The largest absolute Gasteiger partial charge is 0.378 e. The van der Waals surface area contributed by atoms with Crippen molar-refractivity contribution in [1.29, 1.82) is 0 Å². The summed E-state index contributed by atoms with van der Waals surface area (Å²) in [7, 11) is 0. The summed E-state index contributed by atoms with van der Waals surface area (Å²) < 4.78 is 5.65. The summed E-state index contributed by atoms with van der Waals surface area (Å²) in [5, 5.41) is 3.32. The normalized spacial score (nSPS) is 31.0. The van der Waals surface area contributed by atoms with Gasteiger partial charge in [-0.1, -0.05) is 19.8 Å². The summed E-state index contributed by atoms with van der Waals surface area (Å²) in [6.45, 7) is 3.87. The number of nitrogens with two attached hydrogens (primary N) is 1. The summed E-state index contributed by atoms with van der Waals surface area (Å²) in [6, 6.07) is 0.556. The fraction of sp³-hybridized carbons (Fsp3) is 0.923. The summed E-state index contributed by atoms with van der Waals surface area (Å²) in [4.78, 5) is 4.47. The second-order valence-electron chi connectivity index (χ2n) is 5.22. The van der Waals surface area contributed by atoms with Crippen LogP contribution in [0.2, 0.25) is 0 Å². The Balaban J connectivity index is 1.74. The second-order valence-corrected chi connectivity index (χ2v) is 5.22. The molecule has 3 N–H and O–H groups in total. The van der Waals surface area contributed by atoms with Crippen LogP contribution in [0, 0.1) is 5.92 Å². The van der Waals surface area contributed by atoms with Gasteiger partial charge in [-0.3, -0.25) is 4.99 Å². The smallest absolute Gasteiger partial charge is 0.188 e. The molecule has 1 saturated carbocycles.